The quantitative estimate of drug-likeness (QED) is 0.512. The highest BCUT2D eigenvalue weighted by molar-refractivity contribution is 6.31. The number of carbonyl (C=O) groups is 2. The maximum Gasteiger partial charge on any atom is 0.257 e. The molecule has 0 unspecified atom stereocenters. The topological polar surface area (TPSA) is 59.1 Å². The zero-order valence-corrected chi connectivity index (χ0v) is 19.4. The summed E-state index contributed by atoms with van der Waals surface area (Å²) in [6, 6.07) is 18.7. The number of hydrogen-bond donors (Lipinski definition) is 0. The molecular formula is C26H24ClFN2O4. The molecule has 1 aliphatic heterocycles. The van der Waals surface area contributed by atoms with E-state index in [-0.39, 0.29) is 11.5 Å². The molecule has 3 aromatic rings. The third-order valence-electron chi connectivity index (χ3n) is 5.66. The first kappa shape index (κ1) is 23.6. The summed E-state index contributed by atoms with van der Waals surface area (Å²) >= 11 is 5.91. The average molecular weight is 483 g/mol. The van der Waals surface area contributed by atoms with Crippen molar-refractivity contribution in [1.29, 1.82) is 0 Å². The van der Waals surface area contributed by atoms with Crippen molar-refractivity contribution in [3.05, 3.63) is 94.3 Å². The van der Waals surface area contributed by atoms with Gasteiger partial charge in [0.1, 0.15) is 12.4 Å². The molecule has 4 rings (SSSR count). The summed E-state index contributed by atoms with van der Waals surface area (Å²) in [7, 11) is 1.53. The number of nitrogens with zero attached hydrogens (tertiary/aromatic N) is 2. The summed E-state index contributed by atoms with van der Waals surface area (Å²) in [6.45, 7) is 1.65. The van der Waals surface area contributed by atoms with Crippen molar-refractivity contribution in [3.63, 3.8) is 0 Å². The Balaban J connectivity index is 1.38. The molecular weight excluding hydrogens is 459 g/mol. The van der Waals surface area contributed by atoms with Gasteiger partial charge in [-0.25, -0.2) is 4.39 Å². The van der Waals surface area contributed by atoms with Crippen LogP contribution in [0.4, 0.5) is 4.39 Å². The van der Waals surface area contributed by atoms with Crippen molar-refractivity contribution in [3.8, 4) is 11.5 Å². The summed E-state index contributed by atoms with van der Waals surface area (Å²) in [5, 5.41) is 0.295. The smallest absolute Gasteiger partial charge is 0.257 e. The fraction of sp³-hybridized carbons (Fsp3) is 0.231. The molecule has 0 saturated carbocycles. The molecule has 1 fully saturated rings. The van der Waals surface area contributed by atoms with Gasteiger partial charge in [0.2, 0.25) is 0 Å². The van der Waals surface area contributed by atoms with Crippen molar-refractivity contribution in [2.75, 3.05) is 33.3 Å². The lowest BCUT2D eigenvalue weighted by atomic mass is 10.1. The molecule has 0 aromatic heterocycles. The Bertz CT molecular complexity index is 1180. The van der Waals surface area contributed by atoms with Gasteiger partial charge in [-0.05, 0) is 42.0 Å². The number of hydrogen-bond acceptors (Lipinski definition) is 4. The molecule has 34 heavy (non-hydrogen) atoms. The minimum absolute atomic E-state index is 0.0666. The first-order valence-electron chi connectivity index (χ1n) is 10.8. The Labute approximate surface area is 202 Å². The second-order valence-corrected chi connectivity index (χ2v) is 8.28. The summed E-state index contributed by atoms with van der Waals surface area (Å²) in [6.07, 6.45) is 0. The summed E-state index contributed by atoms with van der Waals surface area (Å²) < 4.78 is 25.4. The van der Waals surface area contributed by atoms with Crippen molar-refractivity contribution in [1.82, 2.24) is 9.80 Å². The van der Waals surface area contributed by atoms with Gasteiger partial charge in [0.25, 0.3) is 11.8 Å². The SMILES string of the molecule is COc1cc(C(=O)N2CCN(C(=O)c3cc(Cl)ccc3F)CC2)ccc1OCc1ccccc1. The van der Waals surface area contributed by atoms with E-state index in [1.54, 1.807) is 23.1 Å². The molecule has 0 atom stereocenters. The number of methoxy groups -OCH3 is 1. The zero-order chi connectivity index (χ0) is 24.1. The van der Waals surface area contributed by atoms with E-state index in [0.29, 0.717) is 54.9 Å². The highest BCUT2D eigenvalue weighted by Gasteiger charge is 2.27. The zero-order valence-electron chi connectivity index (χ0n) is 18.7. The van der Waals surface area contributed by atoms with Crippen LogP contribution in [0, 0.1) is 5.82 Å². The maximum absolute atomic E-state index is 14.1. The highest BCUT2D eigenvalue weighted by atomic mass is 35.5. The van der Waals surface area contributed by atoms with E-state index in [4.69, 9.17) is 21.1 Å². The summed E-state index contributed by atoms with van der Waals surface area (Å²) in [5.41, 5.74) is 1.42. The van der Waals surface area contributed by atoms with Gasteiger partial charge < -0.3 is 19.3 Å². The molecule has 2 amide bonds. The Morgan fingerprint density at radius 1 is 0.882 bits per heavy atom. The monoisotopic (exact) mass is 482 g/mol. The van der Waals surface area contributed by atoms with Crippen LogP contribution in [-0.2, 0) is 6.61 Å². The van der Waals surface area contributed by atoms with Crippen molar-refractivity contribution in [2.45, 2.75) is 6.61 Å². The number of halogens is 2. The largest absolute Gasteiger partial charge is 0.493 e. The highest BCUT2D eigenvalue weighted by Crippen LogP contribution is 2.29. The average Bonchev–Trinajstić information content (AvgIpc) is 2.88. The second-order valence-electron chi connectivity index (χ2n) is 7.85. The van der Waals surface area contributed by atoms with Crippen LogP contribution in [0.15, 0.2) is 66.7 Å². The van der Waals surface area contributed by atoms with Crippen molar-refractivity contribution in [2.24, 2.45) is 0 Å². The number of amides is 2. The maximum atomic E-state index is 14.1. The van der Waals surface area contributed by atoms with Crippen LogP contribution >= 0.6 is 11.6 Å². The van der Waals surface area contributed by atoms with E-state index in [9.17, 15) is 14.0 Å². The van der Waals surface area contributed by atoms with E-state index in [0.717, 1.165) is 5.56 Å². The standard InChI is InChI=1S/C26H24ClFN2O4/c1-33-24-15-19(7-10-23(24)34-17-18-5-3-2-4-6-18)25(31)29-11-13-30(14-12-29)26(32)21-16-20(27)8-9-22(21)28/h2-10,15-16H,11-14,17H2,1H3. The number of benzene rings is 3. The third-order valence-corrected chi connectivity index (χ3v) is 5.90. The Hall–Kier alpha value is -3.58. The lowest BCUT2D eigenvalue weighted by Crippen LogP contribution is -2.50. The van der Waals surface area contributed by atoms with E-state index < -0.39 is 11.7 Å². The van der Waals surface area contributed by atoms with Gasteiger partial charge in [-0.2, -0.15) is 0 Å². The third kappa shape index (κ3) is 5.31. The number of piperazine rings is 1. The molecule has 0 radical (unpaired) electrons. The number of rotatable bonds is 6. The molecule has 1 aliphatic rings. The van der Waals surface area contributed by atoms with Gasteiger partial charge in [-0.15, -0.1) is 0 Å². The van der Waals surface area contributed by atoms with Crippen LogP contribution in [0.1, 0.15) is 26.3 Å². The van der Waals surface area contributed by atoms with Gasteiger partial charge in [0, 0.05) is 36.8 Å². The van der Waals surface area contributed by atoms with Crippen LogP contribution in [0.5, 0.6) is 11.5 Å². The van der Waals surface area contributed by atoms with Gasteiger partial charge in [0.15, 0.2) is 11.5 Å². The number of ether oxygens (including phenoxy) is 2. The molecule has 0 N–H and O–H groups in total. The minimum Gasteiger partial charge on any atom is -0.493 e. The van der Waals surface area contributed by atoms with Gasteiger partial charge in [-0.1, -0.05) is 41.9 Å². The molecule has 1 saturated heterocycles. The molecule has 0 bridgehead atoms. The predicted molar refractivity (Wildman–Crippen MR) is 127 cm³/mol. The fourth-order valence-electron chi connectivity index (χ4n) is 3.78. The minimum atomic E-state index is -0.616. The van der Waals surface area contributed by atoms with Crippen LogP contribution in [0.2, 0.25) is 5.02 Å². The fourth-order valence-corrected chi connectivity index (χ4v) is 3.95. The Kier molecular flexibility index (Phi) is 7.33. The van der Waals surface area contributed by atoms with Crippen LogP contribution in [0.25, 0.3) is 0 Å². The molecule has 0 aliphatic carbocycles. The Morgan fingerprint density at radius 2 is 1.56 bits per heavy atom. The molecule has 8 heteroatoms. The van der Waals surface area contributed by atoms with E-state index in [2.05, 4.69) is 0 Å². The lowest BCUT2D eigenvalue weighted by Gasteiger charge is -2.35. The Morgan fingerprint density at radius 3 is 2.24 bits per heavy atom. The summed E-state index contributed by atoms with van der Waals surface area (Å²) in [4.78, 5) is 28.9. The van der Waals surface area contributed by atoms with Crippen LogP contribution in [-0.4, -0.2) is 54.9 Å². The number of carbonyl (C=O) groups excluding carboxylic acids is 2. The first-order chi connectivity index (χ1) is 16.5. The molecule has 0 spiro atoms. The van der Waals surface area contributed by atoms with Crippen molar-refractivity contribution < 1.29 is 23.5 Å². The second kappa shape index (κ2) is 10.6. The van der Waals surface area contributed by atoms with Gasteiger partial charge in [0.05, 0.1) is 12.7 Å². The molecule has 6 nitrogen and oxygen atoms in total. The van der Waals surface area contributed by atoms with Gasteiger partial charge in [-0.3, -0.25) is 9.59 Å². The molecule has 1 heterocycles. The normalized spacial score (nSPS) is 13.5. The van der Waals surface area contributed by atoms with E-state index in [1.807, 2.05) is 30.3 Å². The predicted octanol–water partition coefficient (Wildman–Crippen LogP) is 4.66. The lowest BCUT2D eigenvalue weighted by molar-refractivity contribution is 0.0532. The van der Waals surface area contributed by atoms with Gasteiger partial charge >= 0.3 is 0 Å². The molecule has 3 aromatic carbocycles. The van der Waals surface area contributed by atoms with Crippen LogP contribution in [0.3, 0.4) is 0 Å². The van der Waals surface area contributed by atoms with Crippen molar-refractivity contribution >= 4 is 23.4 Å². The first-order valence-corrected chi connectivity index (χ1v) is 11.2. The summed E-state index contributed by atoms with van der Waals surface area (Å²) in [5.74, 6) is -0.217. The van der Waals surface area contributed by atoms with E-state index >= 15 is 0 Å². The molecule has 176 valence electrons. The van der Waals surface area contributed by atoms with Crippen LogP contribution < -0.4 is 9.47 Å². The van der Waals surface area contributed by atoms with E-state index in [1.165, 1.54) is 30.2 Å².